The molecule has 23 heavy (non-hydrogen) atoms. The highest BCUT2D eigenvalue weighted by molar-refractivity contribution is 5.58. The fourth-order valence-electron chi connectivity index (χ4n) is 3.11. The lowest BCUT2D eigenvalue weighted by molar-refractivity contribution is 0.158. The molecule has 0 saturated heterocycles. The first-order chi connectivity index (χ1) is 11.2. The van der Waals surface area contributed by atoms with E-state index in [0.717, 1.165) is 42.6 Å². The van der Waals surface area contributed by atoms with Crippen LogP contribution in [-0.4, -0.2) is 34.5 Å². The summed E-state index contributed by atoms with van der Waals surface area (Å²) >= 11 is 0. The molecular weight excluding hydrogens is 294 g/mol. The predicted octanol–water partition coefficient (Wildman–Crippen LogP) is 2.45. The zero-order chi connectivity index (χ0) is 16.3. The lowest BCUT2D eigenvalue weighted by atomic mass is 9.99. The Bertz CT molecular complexity index is 663. The Morgan fingerprint density at radius 2 is 2.13 bits per heavy atom. The second-order valence-electron chi connectivity index (χ2n) is 6.20. The molecule has 0 radical (unpaired) electrons. The summed E-state index contributed by atoms with van der Waals surface area (Å²) in [7, 11) is 1.65. The van der Waals surface area contributed by atoms with E-state index in [1.54, 1.807) is 7.11 Å². The van der Waals surface area contributed by atoms with Gasteiger partial charge in [0.25, 0.3) is 0 Å². The summed E-state index contributed by atoms with van der Waals surface area (Å²) in [5, 5.41) is 17.0. The Kier molecular flexibility index (Phi) is 4.63. The molecule has 2 N–H and O–H groups in total. The van der Waals surface area contributed by atoms with Crippen molar-refractivity contribution in [2.75, 3.05) is 13.7 Å². The van der Waals surface area contributed by atoms with E-state index in [-0.39, 0.29) is 12.1 Å². The largest absolute Gasteiger partial charge is 0.496 e. The van der Waals surface area contributed by atoms with E-state index >= 15 is 0 Å². The average Bonchev–Trinajstić information content (AvgIpc) is 3.23. The molecule has 1 aromatic carbocycles. The molecule has 0 atom stereocenters. The van der Waals surface area contributed by atoms with Crippen LogP contribution in [0.4, 0.5) is 0 Å². The van der Waals surface area contributed by atoms with Gasteiger partial charge in [0.2, 0.25) is 11.7 Å². The van der Waals surface area contributed by atoms with Gasteiger partial charge in [0.05, 0.1) is 20.3 Å². The summed E-state index contributed by atoms with van der Waals surface area (Å²) in [6.45, 7) is 2.60. The van der Waals surface area contributed by atoms with Gasteiger partial charge in [-0.3, -0.25) is 0 Å². The van der Waals surface area contributed by atoms with Crippen LogP contribution in [0.25, 0.3) is 11.4 Å². The molecule has 6 nitrogen and oxygen atoms in total. The quantitative estimate of drug-likeness (QED) is 0.852. The van der Waals surface area contributed by atoms with Gasteiger partial charge in [-0.1, -0.05) is 30.1 Å². The number of rotatable bonds is 6. The van der Waals surface area contributed by atoms with E-state index in [4.69, 9.17) is 9.26 Å². The summed E-state index contributed by atoms with van der Waals surface area (Å²) in [5.41, 5.74) is 1.73. The number of benzene rings is 1. The first-order valence-electron chi connectivity index (χ1n) is 7.99. The highest BCUT2D eigenvalue weighted by Gasteiger charge is 2.32. The van der Waals surface area contributed by atoms with Crippen molar-refractivity contribution >= 4 is 0 Å². The zero-order valence-electron chi connectivity index (χ0n) is 13.6. The molecule has 2 aromatic rings. The van der Waals surface area contributed by atoms with Gasteiger partial charge in [0.1, 0.15) is 5.75 Å². The van der Waals surface area contributed by atoms with Crippen LogP contribution in [0, 0.1) is 6.92 Å². The first-order valence-corrected chi connectivity index (χ1v) is 7.99. The summed E-state index contributed by atoms with van der Waals surface area (Å²) in [6, 6.07) is 5.83. The molecule has 0 amide bonds. The molecule has 1 fully saturated rings. The minimum absolute atomic E-state index is 0.142. The Hall–Kier alpha value is -1.92. The second kappa shape index (κ2) is 6.68. The smallest absolute Gasteiger partial charge is 0.240 e. The van der Waals surface area contributed by atoms with E-state index in [1.165, 1.54) is 0 Å². The third-order valence-electron chi connectivity index (χ3n) is 4.61. The minimum Gasteiger partial charge on any atom is -0.496 e. The van der Waals surface area contributed by atoms with Crippen LogP contribution in [0.1, 0.15) is 37.1 Å². The van der Waals surface area contributed by atoms with Crippen molar-refractivity contribution in [2.24, 2.45) is 0 Å². The molecule has 124 valence electrons. The lowest BCUT2D eigenvalue weighted by Crippen LogP contribution is -2.45. The zero-order valence-corrected chi connectivity index (χ0v) is 13.6. The number of aromatic nitrogens is 2. The molecule has 1 aromatic heterocycles. The van der Waals surface area contributed by atoms with Crippen molar-refractivity contribution in [3.05, 3.63) is 29.7 Å². The molecule has 1 heterocycles. The highest BCUT2D eigenvalue weighted by atomic mass is 16.5. The van der Waals surface area contributed by atoms with Crippen LogP contribution < -0.4 is 10.1 Å². The van der Waals surface area contributed by atoms with E-state index in [0.29, 0.717) is 18.3 Å². The molecule has 1 saturated carbocycles. The Morgan fingerprint density at radius 3 is 2.83 bits per heavy atom. The SMILES string of the molecule is COc1cc(-c2noc(CNC3(CO)CCCC3)n2)ccc1C. The Labute approximate surface area is 135 Å². The van der Waals surface area contributed by atoms with Crippen LogP contribution in [0.5, 0.6) is 5.75 Å². The van der Waals surface area contributed by atoms with E-state index in [9.17, 15) is 5.11 Å². The minimum atomic E-state index is -0.193. The van der Waals surface area contributed by atoms with Gasteiger partial charge in [0, 0.05) is 11.1 Å². The van der Waals surface area contributed by atoms with Crippen LogP contribution in [0.2, 0.25) is 0 Å². The number of ether oxygens (including phenoxy) is 1. The van der Waals surface area contributed by atoms with Gasteiger partial charge in [-0.05, 0) is 31.4 Å². The van der Waals surface area contributed by atoms with Gasteiger partial charge in [-0.2, -0.15) is 4.98 Å². The highest BCUT2D eigenvalue weighted by Crippen LogP contribution is 2.29. The normalized spacial score (nSPS) is 16.7. The lowest BCUT2D eigenvalue weighted by Gasteiger charge is -2.27. The second-order valence-corrected chi connectivity index (χ2v) is 6.20. The van der Waals surface area contributed by atoms with Gasteiger partial charge in [0.15, 0.2) is 0 Å². The van der Waals surface area contributed by atoms with Crippen LogP contribution in [0.3, 0.4) is 0 Å². The monoisotopic (exact) mass is 317 g/mol. The Morgan fingerprint density at radius 1 is 1.35 bits per heavy atom. The maximum absolute atomic E-state index is 9.62. The molecule has 0 spiro atoms. The number of aliphatic hydroxyl groups is 1. The number of hydrogen-bond acceptors (Lipinski definition) is 6. The average molecular weight is 317 g/mol. The third-order valence-corrected chi connectivity index (χ3v) is 4.61. The number of aliphatic hydroxyl groups excluding tert-OH is 1. The van der Waals surface area contributed by atoms with Crippen molar-refractivity contribution in [3.8, 4) is 17.1 Å². The van der Waals surface area contributed by atoms with Crippen molar-refractivity contribution in [2.45, 2.75) is 44.7 Å². The van der Waals surface area contributed by atoms with Crippen molar-refractivity contribution < 1.29 is 14.4 Å². The fraction of sp³-hybridized carbons (Fsp3) is 0.529. The van der Waals surface area contributed by atoms with E-state index in [1.807, 2.05) is 25.1 Å². The summed E-state index contributed by atoms with van der Waals surface area (Å²) in [4.78, 5) is 4.43. The van der Waals surface area contributed by atoms with E-state index in [2.05, 4.69) is 15.5 Å². The fourth-order valence-corrected chi connectivity index (χ4v) is 3.11. The maximum Gasteiger partial charge on any atom is 0.240 e. The molecule has 6 heteroatoms. The Balaban J connectivity index is 1.70. The van der Waals surface area contributed by atoms with Crippen molar-refractivity contribution in [1.82, 2.24) is 15.5 Å². The molecule has 0 bridgehead atoms. The van der Waals surface area contributed by atoms with Crippen molar-refractivity contribution in [1.29, 1.82) is 0 Å². The number of methoxy groups -OCH3 is 1. The van der Waals surface area contributed by atoms with Crippen LogP contribution in [-0.2, 0) is 6.54 Å². The molecule has 0 aliphatic heterocycles. The van der Waals surface area contributed by atoms with E-state index < -0.39 is 0 Å². The molecule has 1 aliphatic rings. The van der Waals surface area contributed by atoms with Gasteiger partial charge >= 0.3 is 0 Å². The number of nitrogens with one attached hydrogen (secondary N) is 1. The van der Waals surface area contributed by atoms with Gasteiger partial charge < -0.3 is 19.7 Å². The summed E-state index contributed by atoms with van der Waals surface area (Å²) in [6.07, 6.45) is 4.26. The number of aryl methyl sites for hydroxylation is 1. The van der Waals surface area contributed by atoms with Gasteiger partial charge in [-0.25, -0.2) is 0 Å². The van der Waals surface area contributed by atoms with Crippen LogP contribution in [0.15, 0.2) is 22.7 Å². The van der Waals surface area contributed by atoms with Gasteiger partial charge in [-0.15, -0.1) is 0 Å². The third kappa shape index (κ3) is 3.38. The number of hydrogen-bond donors (Lipinski definition) is 2. The van der Waals surface area contributed by atoms with Crippen LogP contribution >= 0.6 is 0 Å². The molecular formula is C17H23N3O3. The topological polar surface area (TPSA) is 80.4 Å². The molecule has 0 unspecified atom stereocenters. The standard InChI is InChI=1S/C17H23N3O3/c1-12-5-6-13(9-14(12)22-2)16-19-15(23-20-16)10-18-17(11-21)7-3-4-8-17/h5-6,9,18,21H,3-4,7-8,10-11H2,1-2H3. The summed E-state index contributed by atoms with van der Waals surface area (Å²) < 4.78 is 10.7. The predicted molar refractivity (Wildman–Crippen MR) is 86.1 cm³/mol. The molecule has 3 rings (SSSR count). The summed E-state index contributed by atoms with van der Waals surface area (Å²) in [5.74, 6) is 1.88. The number of nitrogens with zero attached hydrogens (tertiary/aromatic N) is 2. The maximum atomic E-state index is 9.62. The van der Waals surface area contributed by atoms with Crippen molar-refractivity contribution in [3.63, 3.8) is 0 Å². The first kappa shape index (κ1) is 16.0. The molecule has 1 aliphatic carbocycles.